The molecule has 0 radical (unpaired) electrons. The number of ketones is 2. The first-order valence-electron chi connectivity index (χ1n) is 13.4. The Labute approximate surface area is 243 Å². The van der Waals surface area contributed by atoms with Gasteiger partial charge in [-0.3, -0.25) is 14.4 Å². The number of piperazine rings is 1. The lowest BCUT2D eigenvalue weighted by molar-refractivity contribution is 0.0732. The van der Waals surface area contributed by atoms with E-state index in [1.165, 1.54) is 0 Å². The normalized spacial score (nSPS) is 13.4. The molecule has 1 fully saturated rings. The summed E-state index contributed by atoms with van der Waals surface area (Å²) in [6.45, 7) is 8.34. The Kier molecular flexibility index (Phi) is 8.03. The van der Waals surface area contributed by atoms with E-state index in [1.807, 2.05) is 102 Å². The van der Waals surface area contributed by atoms with Crippen molar-refractivity contribution in [3.8, 4) is 0 Å². The van der Waals surface area contributed by atoms with Gasteiger partial charge in [-0.05, 0) is 68.3 Å². The zero-order chi connectivity index (χ0) is 28.4. The van der Waals surface area contributed by atoms with Crippen LogP contribution in [0.5, 0.6) is 0 Å². The van der Waals surface area contributed by atoms with Gasteiger partial charge in [-0.25, -0.2) is 0 Å². The van der Waals surface area contributed by atoms with E-state index in [-0.39, 0.29) is 17.5 Å². The first kappa shape index (κ1) is 27.6. The summed E-state index contributed by atoms with van der Waals surface area (Å²) in [5.74, 6) is -0.230. The van der Waals surface area contributed by atoms with Crippen LogP contribution in [-0.4, -0.2) is 53.1 Å². The molecule has 1 amide bonds. The fourth-order valence-electron chi connectivity index (χ4n) is 5.19. The Hall–Kier alpha value is -3.97. The molecule has 0 spiro atoms. The minimum Gasteiger partial charge on any atom is -0.368 e. The molecule has 2 heterocycles. The van der Waals surface area contributed by atoms with Crippen LogP contribution in [0.15, 0.2) is 83.5 Å². The van der Waals surface area contributed by atoms with Gasteiger partial charge in [-0.15, -0.1) is 0 Å². The summed E-state index contributed by atoms with van der Waals surface area (Å²) in [5.41, 5.74) is 6.09. The first-order valence-corrected chi connectivity index (χ1v) is 14.2. The van der Waals surface area contributed by atoms with Crippen LogP contribution in [0.2, 0.25) is 0 Å². The highest BCUT2D eigenvalue weighted by atomic mass is 79.9. The summed E-state index contributed by atoms with van der Waals surface area (Å²) >= 11 is 3.49. The highest BCUT2D eigenvalue weighted by Crippen LogP contribution is 2.26. The summed E-state index contributed by atoms with van der Waals surface area (Å²) in [6, 6.07) is 23.1. The van der Waals surface area contributed by atoms with Crippen molar-refractivity contribution in [2.24, 2.45) is 0 Å². The van der Waals surface area contributed by atoms with Gasteiger partial charge in [0, 0.05) is 60.2 Å². The number of hydrogen-bond acceptors (Lipinski definition) is 4. The van der Waals surface area contributed by atoms with Crippen molar-refractivity contribution in [1.29, 1.82) is 0 Å². The number of hydrogen-bond donors (Lipinski definition) is 0. The Balaban J connectivity index is 1.43. The van der Waals surface area contributed by atoms with Crippen LogP contribution >= 0.6 is 15.9 Å². The maximum absolute atomic E-state index is 14.1. The Morgan fingerprint density at radius 3 is 1.98 bits per heavy atom. The third-order valence-electron chi connectivity index (χ3n) is 7.48. The molecule has 7 heteroatoms. The molecule has 40 heavy (non-hydrogen) atoms. The number of rotatable bonds is 7. The van der Waals surface area contributed by atoms with Crippen LogP contribution < -0.4 is 4.90 Å². The van der Waals surface area contributed by atoms with Gasteiger partial charge < -0.3 is 14.4 Å². The predicted molar refractivity (Wildman–Crippen MR) is 162 cm³/mol. The van der Waals surface area contributed by atoms with Gasteiger partial charge in [0.05, 0.1) is 5.56 Å². The fourth-order valence-corrected chi connectivity index (χ4v) is 5.46. The van der Waals surface area contributed by atoms with Gasteiger partial charge in [0.15, 0.2) is 11.6 Å². The number of carbonyl (C=O) groups is 3. The smallest absolute Gasteiger partial charge is 0.271 e. The number of benzene rings is 3. The summed E-state index contributed by atoms with van der Waals surface area (Å²) in [5, 5.41) is 0. The minimum atomic E-state index is -0.139. The van der Waals surface area contributed by atoms with Crippen molar-refractivity contribution >= 4 is 39.1 Å². The minimum absolute atomic E-state index is 0.0411. The van der Waals surface area contributed by atoms with E-state index < -0.39 is 0 Å². The predicted octanol–water partition coefficient (Wildman–Crippen LogP) is 6.31. The molecule has 1 aliphatic heterocycles. The number of anilines is 1. The van der Waals surface area contributed by atoms with Crippen molar-refractivity contribution < 1.29 is 14.4 Å². The number of Topliss-reactive ketones (excluding diaryl/α,β-unsaturated/α-hetero) is 1. The van der Waals surface area contributed by atoms with Crippen molar-refractivity contribution in [1.82, 2.24) is 9.47 Å². The van der Waals surface area contributed by atoms with Crippen LogP contribution in [0.1, 0.15) is 60.4 Å². The number of aryl methyl sites for hydroxylation is 2. The highest BCUT2D eigenvalue weighted by Gasteiger charge is 2.31. The standard InChI is InChI=1S/C33H32BrN3O3/c1-22-4-8-27(9-5-22)32(39)30-23(2)20-37(21-25-6-12-28(34)13-7-25)31(30)33(40)36-18-16-35(17-19-36)29-14-10-26(11-15-29)24(3)38/h4-15,20H,16-19,21H2,1-3H3. The SMILES string of the molecule is CC(=O)c1ccc(N2CCN(C(=O)c3c(C(=O)c4ccc(C)cc4)c(C)cn3Cc3ccc(Br)cc3)CC2)cc1. The van der Waals surface area contributed by atoms with Crippen molar-refractivity contribution in [3.05, 3.63) is 123 Å². The summed E-state index contributed by atoms with van der Waals surface area (Å²) in [4.78, 5) is 43.6. The molecule has 1 aromatic heterocycles. The number of aromatic nitrogens is 1. The van der Waals surface area contributed by atoms with Gasteiger partial charge in [-0.1, -0.05) is 57.9 Å². The molecule has 0 atom stereocenters. The van der Waals surface area contributed by atoms with E-state index in [0.29, 0.717) is 55.1 Å². The van der Waals surface area contributed by atoms with Crippen LogP contribution in [0.4, 0.5) is 5.69 Å². The molecule has 5 rings (SSSR count). The van der Waals surface area contributed by atoms with Gasteiger partial charge >= 0.3 is 0 Å². The average molecular weight is 599 g/mol. The van der Waals surface area contributed by atoms with Gasteiger partial charge in [0.25, 0.3) is 5.91 Å². The van der Waals surface area contributed by atoms with E-state index in [0.717, 1.165) is 26.9 Å². The van der Waals surface area contributed by atoms with Crippen molar-refractivity contribution in [2.75, 3.05) is 31.1 Å². The molecule has 0 bridgehead atoms. The molecule has 0 saturated carbocycles. The van der Waals surface area contributed by atoms with Crippen LogP contribution in [0.25, 0.3) is 0 Å². The number of nitrogens with zero attached hydrogens (tertiary/aromatic N) is 3. The lowest BCUT2D eigenvalue weighted by Crippen LogP contribution is -2.49. The average Bonchev–Trinajstić information content (AvgIpc) is 3.29. The Bertz CT molecular complexity index is 1550. The molecule has 0 N–H and O–H groups in total. The Morgan fingerprint density at radius 2 is 1.38 bits per heavy atom. The molecule has 4 aromatic rings. The number of amides is 1. The van der Waals surface area contributed by atoms with E-state index >= 15 is 0 Å². The van der Waals surface area contributed by atoms with E-state index in [1.54, 1.807) is 6.92 Å². The summed E-state index contributed by atoms with van der Waals surface area (Å²) < 4.78 is 2.91. The topological polar surface area (TPSA) is 62.6 Å². The lowest BCUT2D eigenvalue weighted by Gasteiger charge is -2.36. The largest absolute Gasteiger partial charge is 0.368 e. The third kappa shape index (κ3) is 5.80. The second kappa shape index (κ2) is 11.6. The van der Waals surface area contributed by atoms with Crippen LogP contribution in [-0.2, 0) is 6.54 Å². The number of carbonyl (C=O) groups excluding carboxylic acids is 3. The highest BCUT2D eigenvalue weighted by molar-refractivity contribution is 9.10. The zero-order valence-electron chi connectivity index (χ0n) is 23.0. The van der Waals surface area contributed by atoms with E-state index in [9.17, 15) is 14.4 Å². The van der Waals surface area contributed by atoms with E-state index in [2.05, 4.69) is 20.8 Å². The van der Waals surface area contributed by atoms with Crippen molar-refractivity contribution in [3.63, 3.8) is 0 Å². The molecule has 1 aliphatic rings. The lowest BCUT2D eigenvalue weighted by atomic mass is 9.99. The van der Waals surface area contributed by atoms with Gasteiger partial charge in [0.1, 0.15) is 5.69 Å². The molecule has 3 aromatic carbocycles. The monoisotopic (exact) mass is 597 g/mol. The molecule has 6 nitrogen and oxygen atoms in total. The molecular weight excluding hydrogens is 566 g/mol. The Morgan fingerprint density at radius 1 is 0.775 bits per heavy atom. The number of halogens is 1. The van der Waals surface area contributed by atoms with Gasteiger partial charge in [0.2, 0.25) is 0 Å². The maximum Gasteiger partial charge on any atom is 0.271 e. The van der Waals surface area contributed by atoms with E-state index in [4.69, 9.17) is 0 Å². The summed E-state index contributed by atoms with van der Waals surface area (Å²) in [7, 11) is 0. The van der Waals surface area contributed by atoms with Crippen LogP contribution in [0.3, 0.4) is 0 Å². The molecule has 204 valence electrons. The molecule has 1 saturated heterocycles. The molecule has 0 unspecified atom stereocenters. The van der Waals surface area contributed by atoms with Crippen molar-refractivity contribution in [2.45, 2.75) is 27.3 Å². The summed E-state index contributed by atoms with van der Waals surface area (Å²) in [6.07, 6.45) is 1.92. The zero-order valence-corrected chi connectivity index (χ0v) is 24.6. The molecular formula is C33H32BrN3O3. The second-order valence-corrected chi connectivity index (χ2v) is 11.3. The third-order valence-corrected chi connectivity index (χ3v) is 8.01. The fraction of sp³-hybridized carbons (Fsp3) is 0.242. The molecule has 0 aliphatic carbocycles. The second-order valence-electron chi connectivity index (χ2n) is 10.4. The first-order chi connectivity index (χ1) is 19.2. The van der Waals surface area contributed by atoms with Gasteiger partial charge in [-0.2, -0.15) is 0 Å². The maximum atomic E-state index is 14.1. The van der Waals surface area contributed by atoms with Crippen LogP contribution in [0, 0.1) is 13.8 Å². The quantitative estimate of drug-likeness (QED) is 0.234.